The van der Waals surface area contributed by atoms with Crippen LogP contribution in [0.4, 0.5) is 0 Å². The molecule has 0 unspecified atom stereocenters. The molecule has 0 amide bonds. The second-order valence-electron chi connectivity index (χ2n) is 8.13. The summed E-state index contributed by atoms with van der Waals surface area (Å²) in [5.74, 6) is 1.53. The van der Waals surface area contributed by atoms with Crippen molar-refractivity contribution in [1.82, 2.24) is 19.5 Å². The van der Waals surface area contributed by atoms with E-state index in [4.69, 9.17) is 19.3 Å². The number of fused-ring (bicyclic) bond motifs is 3. The van der Waals surface area contributed by atoms with Crippen LogP contribution in [0, 0.1) is 0 Å². The van der Waals surface area contributed by atoms with E-state index in [1.807, 2.05) is 62.7 Å². The topological polar surface area (TPSA) is 62.1 Å². The third-order valence-corrected chi connectivity index (χ3v) is 5.77. The standard InChI is InChI=1S/C21H21BN4O2/c1-20(2)21(3,4)28-22(27-20)17-12-23-13-18(25-17)26-11-7-9-15-14-8-5-6-10-16(14)24-19(15)26/h5-13H,1-4H3. The van der Waals surface area contributed by atoms with Crippen LogP contribution in [0.15, 0.2) is 55.0 Å². The van der Waals surface area contributed by atoms with Crippen molar-refractivity contribution in [2.45, 2.75) is 38.9 Å². The minimum atomic E-state index is -0.552. The van der Waals surface area contributed by atoms with E-state index < -0.39 is 18.3 Å². The number of pyridine rings is 1. The first-order valence-corrected chi connectivity index (χ1v) is 9.39. The number of hydrogen-bond donors (Lipinski definition) is 0. The highest BCUT2D eigenvalue weighted by Crippen LogP contribution is 2.36. The zero-order valence-electron chi connectivity index (χ0n) is 16.4. The van der Waals surface area contributed by atoms with Gasteiger partial charge in [-0.25, -0.2) is 9.97 Å². The molecule has 0 N–H and O–H groups in total. The Kier molecular flexibility index (Phi) is 3.63. The van der Waals surface area contributed by atoms with Gasteiger partial charge in [-0.2, -0.15) is 0 Å². The molecule has 0 bridgehead atoms. The molecule has 4 heterocycles. The van der Waals surface area contributed by atoms with Gasteiger partial charge in [0.25, 0.3) is 0 Å². The van der Waals surface area contributed by atoms with E-state index in [0.717, 1.165) is 22.3 Å². The van der Waals surface area contributed by atoms with Crippen molar-refractivity contribution < 1.29 is 9.31 Å². The molecule has 0 atom stereocenters. The third-order valence-electron chi connectivity index (χ3n) is 5.77. The monoisotopic (exact) mass is 372 g/mol. The van der Waals surface area contributed by atoms with E-state index in [0.29, 0.717) is 11.4 Å². The van der Waals surface area contributed by atoms with Crippen LogP contribution >= 0.6 is 0 Å². The molecule has 5 rings (SSSR count). The zero-order chi connectivity index (χ0) is 19.5. The molecule has 0 saturated carbocycles. The van der Waals surface area contributed by atoms with Gasteiger partial charge in [0.1, 0.15) is 5.82 Å². The van der Waals surface area contributed by atoms with Gasteiger partial charge < -0.3 is 9.31 Å². The summed E-state index contributed by atoms with van der Waals surface area (Å²) in [5, 5.41) is 1.13. The van der Waals surface area contributed by atoms with Gasteiger partial charge in [0.05, 0.1) is 28.5 Å². The molecule has 1 saturated heterocycles. The number of para-hydroxylation sites is 1. The van der Waals surface area contributed by atoms with Crippen molar-refractivity contribution >= 4 is 23.6 Å². The first kappa shape index (κ1) is 17.3. The number of benzene rings is 1. The summed E-state index contributed by atoms with van der Waals surface area (Å²) >= 11 is 0. The second-order valence-corrected chi connectivity index (χ2v) is 8.13. The van der Waals surface area contributed by atoms with Crippen molar-refractivity contribution in [3.05, 3.63) is 55.0 Å². The van der Waals surface area contributed by atoms with Gasteiger partial charge in [0.2, 0.25) is 0 Å². The Balaban J connectivity index is 1.59. The number of aromatic nitrogens is 4. The predicted molar refractivity (Wildman–Crippen MR) is 109 cm³/mol. The van der Waals surface area contributed by atoms with Crippen LogP contribution in [0.25, 0.3) is 28.1 Å². The molecule has 0 aliphatic carbocycles. The van der Waals surface area contributed by atoms with Crippen molar-refractivity contribution in [2.75, 3.05) is 0 Å². The lowest BCUT2D eigenvalue weighted by Crippen LogP contribution is -2.41. The molecule has 1 aromatic carbocycles. The highest BCUT2D eigenvalue weighted by Gasteiger charge is 2.52. The smallest absolute Gasteiger partial charge is 0.398 e. The van der Waals surface area contributed by atoms with Crippen molar-refractivity contribution in [1.29, 1.82) is 0 Å². The van der Waals surface area contributed by atoms with Crippen LogP contribution < -0.4 is 5.59 Å². The quantitative estimate of drug-likeness (QED) is 0.506. The first-order valence-electron chi connectivity index (χ1n) is 9.39. The Labute approximate surface area is 164 Å². The van der Waals surface area contributed by atoms with Gasteiger partial charge in [-0.15, -0.1) is 0 Å². The maximum atomic E-state index is 6.13. The summed E-state index contributed by atoms with van der Waals surface area (Å²) in [4.78, 5) is 14.0. The van der Waals surface area contributed by atoms with E-state index in [2.05, 4.69) is 17.1 Å². The Morgan fingerprint density at radius 3 is 2.43 bits per heavy atom. The molecular formula is C21H21BN4O2. The predicted octanol–water partition coefficient (Wildman–Crippen LogP) is 3.22. The number of rotatable bonds is 2. The maximum absolute atomic E-state index is 6.13. The summed E-state index contributed by atoms with van der Waals surface area (Å²) in [6, 6.07) is 12.2. The van der Waals surface area contributed by atoms with Gasteiger partial charge in [-0.3, -0.25) is 9.55 Å². The van der Waals surface area contributed by atoms with Crippen molar-refractivity contribution in [3.63, 3.8) is 0 Å². The van der Waals surface area contributed by atoms with Gasteiger partial charge >= 0.3 is 7.12 Å². The molecular weight excluding hydrogens is 351 g/mol. The first-order chi connectivity index (χ1) is 13.4. The maximum Gasteiger partial charge on any atom is 0.516 e. The van der Waals surface area contributed by atoms with E-state index in [1.165, 1.54) is 0 Å². The Morgan fingerprint density at radius 2 is 1.64 bits per heavy atom. The van der Waals surface area contributed by atoms with E-state index in [1.54, 1.807) is 12.4 Å². The summed E-state index contributed by atoms with van der Waals surface area (Å²) in [7, 11) is -0.552. The summed E-state index contributed by atoms with van der Waals surface area (Å²) in [6.45, 7) is 8.11. The minimum absolute atomic E-state index is 0.423. The number of nitrogens with zero attached hydrogens (tertiary/aromatic N) is 4. The fourth-order valence-electron chi connectivity index (χ4n) is 3.49. The zero-order valence-corrected chi connectivity index (χ0v) is 16.4. The second kappa shape index (κ2) is 5.86. The summed E-state index contributed by atoms with van der Waals surface area (Å²) in [5.41, 5.74) is 1.85. The molecule has 28 heavy (non-hydrogen) atoms. The lowest BCUT2D eigenvalue weighted by atomic mass is 9.85. The molecule has 0 spiro atoms. The van der Waals surface area contributed by atoms with Gasteiger partial charge in [-0.05, 0) is 45.9 Å². The van der Waals surface area contributed by atoms with Gasteiger partial charge in [0.15, 0.2) is 5.82 Å². The molecule has 7 heteroatoms. The van der Waals surface area contributed by atoms with Crippen LogP contribution in [0.5, 0.6) is 0 Å². The number of hydrogen-bond acceptors (Lipinski definition) is 5. The normalized spacial score (nSPS) is 18.2. The molecule has 140 valence electrons. The summed E-state index contributed by atoms with van der Waals surface area (Å²) < 4.78 is 14.2. The highest BCUT2D eigenvalue weighted by atomic mass is 16.7. The van der Waals surface area contributed by atoms with Crippen LogP contribution in [0.2, 0.25) is 0 Å². The molecule has 0 radical (unpaired) electrons. The summed E-state index contributed by atoms with van der Waals surface area (Å²) in [6.07, 6.45) is 5.38. The average molecular weight is 372 g/mol. The average Bonchev–Trinajstić information content (AvgIpc) is 3.15. The fourth-order valence-corrected chi connectivity index (χ4v) is 3.49. The Bertz CT molecular complexity index is 1140. The van der Waals surface area contributed by atoms with E-state index in [9.17, 15) is 0 Å². The molecule has 1 aromatic heterocycles. The SMILES string of the molecule is CC1(C)OB(c2cncc(-n3cccc4c5ccccc5nc3-4)n2)OC1(C)C. The molecule has 3 aliphatic rings. The highest BCUT2D eigenvalue weighted by molar-refractivity contribution is 6.61. The van der Waals surface area contributed by atoms with Gasteiger partial charge in [-0.1, -0.05) is 18.2 Å². The Hall–Kier alpha value is -2.77. The molecule has 6 nitrogen and oxygen atoms in total. The van der Waals surface area contributed by atoms with E-state index >= 15 is 0 Å². The van der Waals surface area contributed by atoms with Crippen LogP contribution in [0.1, 0.15) is 27.7 Å². The van der Waals surface area contributed by atoms with E-state index in [-0.39, 0.29) is 0 Å². The lowest BCUT2D eigenvalue weighted by molar-refractivity contribution is 0.00578. The fraction of sp³-hybridized carbons (Fsp3) is 0.286. The van der Waals surface area contributed by atoms with Crippen LogP contribution in [-0.4, -0.2) is 37.8 Å². The van der Waals surface area contributed by atoms with Crippen molar-refractivity contribution in [2.24, 2.45) is 0 Å². The minimum Gasteiger partial charge on any atom is -0.398 e. The van der Waals surface area contributed by atoms with Crippen LogP contribution in [-0.2, 0) is 9.31 Å². The van der Waals surface area contributed by atoms with Crippen molar-refractivity contribution in [3.8, 4) is 17.2 Å². The molecule has 2 aromatic rings. The van der Waals surface area contributed by atoms with Gasteiger partial charge in [0, 0.05) is 23.3 Å². The van der Waals surface area contributed by atoms with Crippen LogP contribution in [0.3, 0.4) is 0 Å². The Morgan fingerprint density at radius 1 is 0.893 bits per heavy atom. The molecule has 3 aliphatic heterocycles. The largest absolute Gasteiger partial charge is 0.516 e. The molecule has 1 fully saturated rings. The third kappa shape index (κ3) is 2.54. The lowest BCUT2D eigenvalue weighted by Gasteiger charge is -2.32.